The number of hydrogen-bond donors (Lipinski definition) is 1. The number of carbonyl (C=O) groups is 2. The molecule has 1 aliphatic carbocycles. The summed E-state index contributed by atoms with van der Waals surface area (Å²) in [5.41, 5.74) is 2.63. The number of ether oxygens (including phenoxy) is 1. The number of aryl methyl sites for hydroxylation is 1. The van der Waals surface area contributed by atoms with Gasteiger partial charge in [-0.3, -0.25) is 9.59 Å². The van der Waals surface area contributed by atoms with E-state index in [1.165, 1.54) is 0 Å². The zero-order valence-electron chi connectivity index (χ0n) is 13.8. The molecule has 1 saturated heterocycles. The van der Waals surface area contributed by atoms with Gasteiger partial charge in [-0.15, -0.1) is 0 Å². The van der Waals surface area contributed by atoms with E-state index in [0.29, 0.717) is 24.2 Å². The van der Waals surface area contributed by atoms with E-state index in [0.717, 1.165) is 11.1 Å². The van der Waals surface area contributed by atoms with Gasteiger partial charge in [-0.1, -0.05) is 13.0 Å². The lowest BCUT2D eigenvalue weighted by molar-refractivity contribution is -0.123. The third-order valence-corrected chi connectivity index (χ3v) is 6.41. The van der Waals surface area contributed by atoms with Crippen molar-refractivity contribution in [1.82, 2.24) is 5.32 Å². The highest BCUT2D eigenvalue weighted by atomic mass is 32.2. The van der Waals surface area contributed by atoms with Crippen molar-refractivity contribution in [3.8, 4) is 5.75 Å². The van der Waals surface area contributed by atoms with Gasteiger partial charge in [0.25, 0.3) is 5.91 Å². The van der Waals surface area contributed by atoms with Crippen molar-refractivity contribution in [3.63, 3.8) is 0 Å². The Morgan fingerprint density at radius 2 is 2.12 bits per heavy atom. The molecular formula is C17H21NO5S. The average Bonchev–Trinajstić information content (AvgIpc) is 2.98. The number of Topliss-reactive ketones (excluding diaryl/α,β-unsaturated/α-hetero) is 1. The fourth-order valence-electron chi connectivity index (χ4n) is 3.55. The van der Waals surface area contributed by atoms with Crippen LogP contribution in [0.4, 0.5) is 0 Å². The van der Waals surface area contributed by atoms with Crippen molar-refractivity contribution in [3.05, 3.63) is 28.8 Å². The molecule has 0 bridgehead atoms. The van der Waals surface area contributed by atoms with Crippen LogP contribution >= 0.6 is 0 Å². The molecule has 1 heterocycles. The summed E-state index contributed by atoms with van der Waals surface area (Å²) in [5.74, 6) is 0.349. The summed E-state index contributed by atoms with van der Waals surface area (Å²) in [6, 6.07) is 3.26. The molecule has 7 heteroatoms. The molecule has 6 nitrogen and oxygen atoms in total. The molecule has 1 aromatic rings. The number of rotatable bonds is 4. The molecule has 0 aromatic heterocycles. The molecule has 1 amide bonds. The zero-order chi connectivity index (χ0) is 17.5. The second kappa shape index (κ2) is 6.20. The van der Waals surface area contributed by atoms with Gasteiger partial charge in [0.2, 0.25) is 0 Å². The monoisotopic (exact) mass is 351 g/mol. The maximum atomic E-state index is 12.2. The van der Waals surface area contributed by atoms with E-state index in [-0.39, 0.29) is 41.8 Å². The van der Waals surface area contributed by atoms with E-state index >= 15 is 0 Å². The van der Waals surface area contributed by atoms with Gasteiger partial charge >= 0.3 is 0 Å². The number of carbonyl (C=O) groups excluding carboxylic acids is 2. The van der Waals surface area contributed by atoms with Crippen LogP contribution in [0.1, 0.15) is 47.2 Å². The summed E-state index contributed by atoms with van der Waals surface area (Å²) in [6.45, 7) is 3.74. The van der Waals surface area contributed by atoms with Crippen LogP contribution in [0.15, 0.2) is 12.1 Å². The topological polar surface area (TPSA) is 89.5 Å². The van der Waals surface area contributed by atoms with E-state index in [9.17, 15) is 18.0 Å². The highest BCUT2D eigenvalue weighted by Crippen LogP contribution is 2.40. The molecule has 24 heavy (non-hydrogen) atoms. The van der Waals surface area contributed by atoms with Crippen LogP contribution in [-0.4, -0.2) is 44.3 Å². The van der Waals surface area contributed by atoms with Crippen molar-refractivity contribution in [1.29, 1.82) is 0 Å². The number of amides is 1. The second-order valence-corrected chi connectivity index (χ2v) is 8.88. The molecule has 1 aliphatic heterocycles. The van der Waals surface area contributed by atoms with Gasteiger partial charge in [0.15, 0.2) is 22.2 Å². The number of nitrogens with one attached hydrogen (secondary N) is 1. The van der Waals surface area contributed by atoms with E-state index in [1.54, 1.807) is 6.07 Å². The van der Waals surface area contributed by atoms with Gasteiger partial charge in [-0.2, -0.15) is 0 Å². The van der Waals surface area contributed by atoms with Crippen LogP contribution < -0.4 is 10.1 Å². The molecule has 1 aromatic carbocycles. The average molecular weight is 351 g/mol. The maximum Gasteiger partial charge on any atom is 0.258 e. The second-order valence-electron chi connectivity index (χ2n) is 6.65. The molecule has 130 valence electrons. The van der Waals surface area contributed by atoms with Gasteiger partial charge in [-0.25, -0.2) is 8.42 Å². The molecule has 0 saturated carbocycles. The smallest absolute Gasteiger partial charge is 0.258 e. The first-order chi connectivity index (χ1) is 11.3. The first-order valence-corrected chi connectivity index (χ1v) is 9.88. The Morgan fingerprint density at radius 1 is 1.38 bits per heavy atom. The van der Waals surface area contributed by atoms with E-state index in [2.05, 4.69) is 5.32 Å². The summed E-state index contributed by atoms with van der Waals surface area (Å²) in [4.78, 5) is 24.2. The number of hydrogen-bond acceptors (Lipinski definition) is 5. The molecule has 0 unspecified atom stereocenters. The summed E-state index contributed by atoms with van der Waals surface area (Å²) in [5, 5.41) is 2.68. The van der Waals surface area contributed by atoms with Crippen LogP contribution in [-0.2, 0) is 14.6 Å². The Hall–Kier alpha value is -1.89. The Morgan fingerprint density at radius 3 is 2.79 bits per heavy atom. The fraction of sp³-hybridized carbons (Fsp3) is 0.529. The molecule has 1 fully saturated rings. The molecule has 2 atom stereocenters. The van der Waals surface area contributed by atoms with E-state index < -0.39 is 9.84 Å². The van der Waals surface area contributed by atoms with Crippen LogP contribution in [0.25, 0.3) is 0 Å². The number of benzene rings is 1. The van der Waals surface area contributed by atoms with Gasteiger partial charge < -0.3 is 10.1 Å². The standard InChI is InChI=1S/C17H21NO5S/c1-10-3-4-14(17-13(19)7-11(2)16(10)17)23-8-15(20)18-12-5-6-24(21,22)9-12/h3-4,11-12H,5-9H2,1-2H3,(H,18,20)/t11-,12-/m0/s1. The molecular weight excluding hydrogens is 330 g/mol. The largest absolute Gasteiger partial charge is 0.483 e. The third-order valence-electron chi connectivity index (χ3n) is 4.64. The number of fused-ring (bicyclic) bond motifs is 1. The highest BCUT2D eigenvalue weighted by molar-refractivity contribution is 7.91. The lowest BCUT2D eigenvalue weighted by atomic mass is 9.97. The SMILES string of the molecule is Cc1ccc(OCC(=O)N[C@H]2CCS(=O)(=O)C2)c2c1[C@@H](C)CC2=O. The van der Waals surface area contributed by atoms with Crippen LogP contribution in [0.2, 0.25) is 0 Å². The predicted molar refractivity (Wildman–Crippen MR) is 89.2 cm³/mol. The third kappa shape index (κ3) is 3.31. The van der Waals surface area contributed by atoms with Gasteiger partial charge in [0.1, 0.15) is 5.75 Å². The number of ketones is 1. The highest BCUT2D eigenvalue weighted by Gasteiger charge is 2.32. The molecule has 0 spiro atoms. The summed E-state index contributed by atoms with van der Waals surface area (Å²) in [6.07, 6.45) is 0.896. The quantitative estimate of drug-likeness (QED) is 0.885. The maximum absolute atomic E-state index is 12.2. The van der Waals surface area contributed by atoms with Crippen LogP contribution in [0.3, 0.4) is 0 Å². The number of sulfone groups is 1. The zero-order valence-corrected chi connectivity index (χ0v) is 14.6. The summed E-state index contributed by atoms with van der Waals surface area (Å²) < 4.78 is 28.4. The summed E-state index contributed by atoms with van der Waals surface area (Å²) in [7, 11) is -3.03. The molecule has 2 aliphatic rings. The Kier molecular flexibility index (Phi) is 4.38. The van der Waals surface area contributed by atoms with Crippen molar-refractivity contribution < 1.29 is 22.7 Å². The first kappa shape index (κ1) is 17.0. The molecule has 3 rings (SSSR count). The van der Waals surface area contributed by atoms with Gasteiger partial charge in [0, 0.05) is 12.5 Å². The summed E-state index contributed by atoms with van der Waals surface area (Å²) >= 11 is 0. The van der Waals surface area contributed by atoms with E-state index in [1.807, 2.05) is 19.9 Å². The Balaban J connectivity index is 1.66. The molecule has 1 N–H and O–H groups in total. The van der Waals surface area contributed by atoms with Crippen molar-refractivity contribution >= 4 is 21.5 Å². The minimum atomic E-state index is -3.03. The van der Waals surface area contributed by atoms with Gasteiger partial charge in [0.05, 0.1) is 17.1 Å². The van der Waals surface area contributed by atoms with Crippen LogP contribution in [0.5, 0.6) is 5.75 Å². The minimum absolute atomic E-state index is 0.0192. The Labute approximate surface area is 141 Å². The fourth-order valence-corrected chi connectivity index (χ4v) is 5.22. The normalized spacial score (nSPS) is 24.7. The van der Waals surface area contributed by atoms with Crippen molar-refractivity contribution in [2.24, 2.45) is 0 Å². The lowest BCUT2D eigenvalue weighted by Gasteiger charge is -2.14. The molecule has 0 radical (unpaired) electrons. The first-order valence-electron chi connectivity index (χ1n) is 8.06. The predicted octanol–water partition coefficient (Wildman–Crippen LogP) is 1.37. The lowest BCUT2D eigenvalue weighted by Crippen LogP contribution is -2.38. The Bertz CT molecular complexity index is 799. The van der Waals surface area contributed by atoms with Crippen LogP contribution in [0, 0.1) is 6.92 Å². The van der Waals surface area contributed by atoms with Crippen molar-refractivity contribution in [2.75, 3.05) is 18.1 Å². The van der Waals surface area contributed by atoms with Crippen molar-refractivity contribution in [2.45, 2.75) is 38.6 Å². The van der Waals surface area contributed by atoms with Gasteiger partial charge in [-0.05, 0) is 36.5 Å². The minimum Gasteiger partial charge on any atom is -0.483 e. The van der Waals surface area contributed by atoms with E-state index in [4.69, 9.17) is 4.74 Å².